The third-order valence-corrected chi connectivity index (χ3v) is 3.73. The highest BCUT2D eigenvalue weighted by atomic mass is 35.5. The Balaban J connectivity index is 2.31. The van der Waals surface area contributed by atoms with Gasteiger partial charge in [0.2, 0.25) is 0 Å². The van der Waals surface area contributed by atoms with E-state index in [1.165, 1.54) is 0 Å². The molecule has 2 amide bonds. The molecule has 6 heteroatoms. The third kappa shape index (κ3) is 4.49. The maximum Gasteiger partial charge on any atom is 0.258 e. The van der Waals surface area contributed by atoms with E-state index in [9.17, 15) is 9.59 Å². The standard InChI is InChI=1S/C18H18Cl2N2O2/c1-18(2,3)22-16(23)11-7-4-5-10-14(11)21-17(24)15-12(19)8-6-9-13(15)20/h4-10H,1-3H3,(H,21,24)(H,22,23). The van der Waals surface area contributed by atoms with Crippen molar-refractivity contribution in [3.63, 3.8) is 0 Å². The lowest BCUT2D eigenvalue weighted by Crippen LogP contribution is -2.40. The van der Waals surface area contributed by atoms with E-state index in [2.05, 4.69) is 10.6 Å². The first-order valence-electron chi connectivity index (χ1n) is 7.36. The van der Waals surface area contributed by atoms with Crippen molar-refractivity contribution in [1.82, 2.24) is 5.32 Å². The molecular weight excluding hydrogens is 347 g/mol. The molecule has 0 atom stereocenters. The molecule has 126 valence electrons. The maximum absolute atomic E-state index is 12.5. The predicted octanol–water partition coefficient (Wildman–Crippen LogP) is 4.77. The Morgan fingerprint density at radius 2 is 1.46 bits per heavy atom. The lowest BCUT2D eigenvalue weighted by molar-refractivity contribution is 0.0920. The third-order valence-electron chi connectivity index (χ3n) is 3.10. The van der Waals surface area contributed by atoms with Gasteiger partial charge in [0, 0.05) is 5.54 Å². The minimum absolute atomic E-state index is 0.173. The van der Waals surface area contributed by atoms with Crippen LogP contribution in [0, 0.1) is 0 Å². The van der Waals surface area contributed by atoms with Crippen molar-refractivity contribution in [3.05, 3.63) is 63.6 Å². The topological polar surface area (TPSA) is 58.2 Å². The normalized spacial score (nSPS) is 11.0. The molecular formula is C18H18Cl2N2O2. The van der Waals surface area contributed by atoms with Gasteiger partial charge in [-0.2, -0.15) is 0 Å². The number of carbonyl (C=O) groups excluding carboxylic acids is 2. The Bertz CT molecular complexity index is 763. The van der Waals surface area contributed by atoms with E-state index in [1.54, 1.807) is 42.5 Å². The Morgan fingerprint density at radius 3 is 2.04 bits per heavy atom. The van der Waals surface area contributed by atoms with Crippen LogP contribution in [-0.2, 0) is 0 Å². The number of para-hydroxylation sites is 1. The number of carbonyl (C=O) groups is 2. The van der Waals surface area contributed by atoms with Gasteiger partial charge in [-0.15, -0.1) is 0 Å². The minimum Gasteiger partial charge on any atom is -0.347 e. The second-order valence-corrected chi connectivity index (χ2v) is 7.11. The van der Waals surface area contributed by atoms with Crippen molar-refractivity contribution in [2.75, 3.05) is 5.32 Å². The molecule has 24 heavy (non-hydrogen) atoms. The van der Waals surface area contributed by atoms with Gasteiger partial charge in [-0.25, -0.2) is 0 Å². The van der Waals surface area contributed by atoms with Crippen LogP contribution < -0.4 is 10.6 Å². The maximum atomic E-state index is 12.5. The van der Waals surface area contributed by atoms with Crippen molar-refractivity contribution < 1.29 is 9.59 Å². The average molecular weight is 365 g/mol. The smallest absolute Gasteiger partial charge is 0.258 e. The summed E-state index contributed by atoms with van der Waals surface area (Å²) in [5, 5.41) is 6.07. The molecule has 0 unspecified atom stereocenters. The zero-order valence-corrected chi connectivity index (χ0v) is 15.1. The summed E-state index contributed by atoms with van der Waals surface area (Å²) in [5.74, 6) is -0.745. The van der Waals surface area contributed by atoms with Crippen LogP contribution in [0.4, 0.5) is 5.69 Å². The Kier molecular flexibility index (Phi) is 5.52. The summed E-state index contributed by atoms with van der Waals surface area (Å²) in [4.78, 5) is 24.9. The summed E-state index contributed by atoms with van der Waals surface area (Å²) in [6.07, 6.45) is 0. The van der Waals surface area contributed by atoms with Gasteiger partial charge >= 0.3 is 0 Å². The van der Waals surface area contributed by atoms with Gasteiger partial charge in [-0.1, -0.05) is 41.4 Å². The zero-order chi connectivity index (χ0) is 17.9. The van der Waals surface area contributed by atoms with Crippen LogP contribution in [-0.4, -0.2) is 17.4 Å². The van der Waals surface area contributed by atoms with E-state index < -0.39 is 5.91 Å². The number of rotatable bonds is 3. The quantitative estimate of drug-likeness (QED) is 0.823. The van der Waals surface area contributed by atoms with Crippen LogP contribution in [0.5, 0.6) is 0 Å². The summed E-state index contributed by atoms with van der Waals surface area (Å²) in [5.41, 5.74) is 0.538. The van der Waals surface area contributed by atoms with Gasteiger partial charge in [-0.05, 0) is 45.0 Å². The number of nitrogens with one attached hydrogen (secondary N) is 2. The van der Waals surface area contributed by atoms with Crippen molar-refractivity contribution in [2.45, 2.75) is 26.3 Å². The summed E-state index contributed by atoms with van der Waals surface area (Å²) in [6.45, 7) is 5.65. The van der Waals surface area contributed by atoms with Gasteiger partial charge in [0.1, 0.15) is 0 Å². The van der Waals surface area contributed by atoms with Crippen LogP contribution in [0.15, 0.2) is 42.5 Å². The van der Waals surface area contributed by atoms with E-state index in [0.717, 1.165) is 0 Å². The van der Waals surface area contributed by atoms with Crippen LogP contribution >= 0.6 is 23.2 Å². The number of benzene rings is 2. The zero-order valence-electron chi connectivity index (χ0n) is 13.6. The summed E-state index contributed by atoms with van der Waals surface area (Å²) < 4.78 is 0. The fourth-order valence-corrected chi connectivity index (χ4v) is 2.67. The van der Waals surface area contributed by atoms with Crippen LogP contribution in [0.3, 0.4) is 0 Å². The highest BCUT2D eigenvalue weighted by Crippen LogP contribution is 2.26. The molecule has 0 aliphatic carbocycles. The van der Waals surface area contributed by atoms with E-state index in [0.29, 0.717) is 11.3 Å². The molecule has 0 fully saturated rings. The number of hydrogen-bond donors (Lipinski definition) is 2. The molecule has 0 heterocycles. The second kappa shape index (κ2) is 7.24. The number of hydrogen-bond acceptors (Lipinski definition) is 2. The predicted molar refractivity (Wildman–Crippen MR) is 98.1 cm³/mol. The fraction of sp³-hybridized carbons (Fsp3) is 0.222. The average Bonchev–Trinajstić information content (AvgIpc) is 2.45. The SMILES string of the molecule is CC(C)(C)NC(=O)c1ccccc1NC(=O)c1c(Cl)cccc1Cl. The monoisotopic (exact) mass is 364 g/mol. The van der Waals surface area contributed by atoms with Gasteiger partial charge in [0.05, 0.1) is 26.9 Å². The van der Waals surface area contributed by atoms with Gasteiger partial charge in [0.25, 0.3) is 11.8 Å². The number of amides is 2. The summed E-state index contributed by atoms with van der Waals surface area (Å²) >= 11 is 12.1. The van der Waals surface area contributed by atoms with E-state index in [1.807, 2.05) is 20.8 Å². The lowest BCUT2D eigenvalue weighted by Gasteiger charge is -2.21. The van der Waals surface area contributed by atoms with Crippen LogP contribution in [0.25, 0.3) is 0 Å². The molecule has 0 bridgehead atoms. The van der Waals surface area contributed by atoms with Crippen LogP contribution in [0.2, 0.25) is 10.0 Å². The first kappa shape index (κ1) is 18.3. The van der Waals surface area contributed by atoms with Crippen molar-refractivity contribution in [2.24, 2.45) is 0 Å². The molecule has 0 radical (unpaired) electrons. The molecule has 0 saturated heterocycles. The first-order chi connectivity index (χ1) is 11.2. The summed E-state index contributed by atoms with van der Waals surface area (Å²) in [7, 11) is 0. The van der Waals surface area contributed by atoms with Gasteiger partial charge in [-0.3, -0.25) is 9.59 Å². The second-order valence-electron chi connectivity index (χ2n) is 6.30. The molecule has 4 nitrogen and oxygen atoms in total. The fourth-order valence-electron chi connectivity index (χ4n) is 2.10. The first-order valence-corrected chi connectivity index (χ1v) is 8.11. The Hall–Kier alpha value is -2.04. The molecule has 2 N–H and O–H groups in total. The minimum atomic E-state index is -0.471. The number of halogens is 2. The highest BCUT2D eigenvalue weighted by Gasteiger charge is 2.20. The molecule has 0 aliphatic rings. The Labute approximate surface area is 151 Å². The molecule has 2 aromatic rings. The number of anilines is 1. The largest absolute Gasteiger partial charge is 0.347 e. The van der Waals surface area contributed by atoms with Gasteiger partial charge < -0.3 is 10.6 Å². The van der Waals surface area contributed by atoms with Crippen molar-refractivity contribution in [3.8, 4) is 0 Å². The molecule has 0 aromatic heterocycles. The Morgan fingerprint density at radius 1 is 0.875 bits per heavy atom. The summed E-state index contributed by atoms with van der Waals surface area (Å²) in [6, 6.07) is 11.6. The van der Waals surface area contributed by atoms with Crippen LogP contribution in [0.1, 0.15) is 41.5 Å². The molecule has 0 spiro atoms. The van der Waals surface area contributed by atoms with Crippen molar-refractivity contribution >= 4 is 40.7 Å². The van der Waals surface area contributed by atoms with E-state index >= 15 is 0 Å². The van der Waals surface area contributed by atoms with Gasteiger partial charge in [0.15, 0.2) is 0 Å². The van der Waals surface area contributed by atoms with E-state index in [4.69, 9.17) is 23.2 Å². The molecule has 0 aliphatic heterocycles. The lowest BCUT2D eigenvalue weighted by atomic mass is 10.1. The highest BCUT2D eigenvalue weighted by molar-refractivity contribution is 6.40. The van der Waals surface area contributed by atoms with E-state index in [-0.39, 0.29) is 27.1 Å². The van der Waals surface area contributed by atoms with Crippen molar-refractivity contribution in [1.29, 1.82) is 0 Å². The molecule has 0 saturated carbocycles. The molecule has 2 rings (SSSR count). The molecule has 2 aromatic carbocycles.